The molecule has 0 aliphatic carbocycles. The SMILES string of the molecule is CC(NCC1CSc2ccccc21)c1ccc(F)cc1. The Balaban J connectivity index is 1.62. The summed E-state index contributed by atoms with van der Waals surface area (Å²) in [5.74, 6) is 1.53. The second-order valence-corrected chi connectivity index (χ2v) is 6.29. The first-order valence-corrected chi connectivity index (χ1v) is 7.93. The average Bonchev–Trinajstić information content (AvgIpc) is 2.89. The fourth-order valence-electron chi connectivity index (χ4n) is 2.59. The molecule has 1 heterocycles. The van der Waals surface area contributed by atoms with E-state index in [1.54, 1.807) is 0 Å². The van der Waals surface area contributed by atoms with Crippen molar-refractivity contribution < 1.29 is 4.39 Å². The van der Waals surface area contributed by atoms with Crippen molar-refractivity contribution in [2.24, 2.45) is 0 Å². The summed E-state index contributed by atoms with van der Waals surface area (Å²) in [5, 5.41) is 3.57. The average molecular weight is 287 g/mol. The van der Waals surface area contributed by atoms with Crippen molar-refractivity contribution in [2.75, 3.05) is 12.3 Å². The molecule has 20 heavy (non-hydrogen) atoms. The van der Waals surface area contributed by atoms with Crippen molar-refractivity contribution >= 4 is 11.8 Å². The molecule has 3 rings (SSSR count). The molecule has 2 atom stereocenters. The normalized spacial score (nSPS) is 18.8. The van der Waals surface area contributed by atoms with E-state index in [1.165, 1.54) is 22.6 Å². The van der Waals surface area contributed by atoms with Crippen molar-refractivity contribution in [3.05, 3.63) is 65.5 Å². The summed E-state index contributed by atoms with van der Waals surface area (Å²) in [6.07, 6.45) is 0. The van der Waals surface area contributed by atoms with Crippen LogP contribution in [0, 0.1) is 5.82 Å². The van der Waals surface area contributed by atoms with Crippen molar-refractivity contribution in [1.82, 2.24) is 5.32 Å². The van der Waals surface area contributed by atoms with Crippen LogP contribution in [0.5, 0.6) is 0 Å². The van der Waals surface area contributed by atoms with Gasteiger partial charge in [-0.1, -0.05) is 30.3 Å². The van der Waals surface area contributed by atoms with Gasteiger partial charge in [0.05, 0.1) is 0 Å². The first-order valence-electron chi connectivity index (χ1n) is 6.94. The number of rotatable bonds is 4. The van der Waals surface area contributed by atoms with Crippen LogP contribution in [0.15, 0.2) is 53.4 Å². The highest BCUT2D eigenvalue weighted by molar-refractivity contribution is 7.99. The lowest BCUT2D eigenvalue weighted by Crippen LogP contribution is -2.24. The Hall–Kier alpha value is -1.32. The molecule has 2 aromatic rings. The molecule has 0 amide bonds. The number of benzene rings is 2. The van der Waals surface area contributed by atoms with Gasteiger partial charge in [-0.05, 0) is 36.2 Å². The van der Waals surface area contributed by atoms with Gasteiger partial charge in [0, 0.05) is 29.2 Å². The standard InChI is InChI=1S/C17H18FNS/c1-12(13-6-8-15(18)9-7-13)19-10-14-11-20-17-5-3-2-4-16(14)17/h2-9,12,14,19H,10-11H2,1H3. The summed E-state index contributed by atoms with van der Waals surface area (Å²) in [7, 11) is 0. The molecule has 2 aromatic carbocycles. The van der Waals surface area contributed by atoms with E-state index < -0.39 is 0 Å². The number of thioether (sulfide) groups is 1. The maximum absolute atomic E-state index is 12.9. The lowest BCUT2D eigenvalue weighted by molar-refractivity contribution is 0.539. The second kappa shape index (κ2) is 5.98. The third-order valence-corrected chi connectivity index (χ3v) is 5.09. The van der Waals surface area contributed by atoms with Crippen molar-refractivity contribution in [1.29, 1.82) is 0 Å². The fraction of sp³-hybridized carbons (Fsp3) is 0.294. The molecule has 0 fully saturated rings. The quantitative estimate of drug-likeness (QED) is 0.896. The number of hydrogen-bond acceptors (Lipinski definition) is 2. The van der Waals surface area contributed by atoms with E-state index in [0.717, 1.165) is 17.9 Å². The van der Waals surface area contributed by atoms with Gasteiger partial charge in [-0.15, -0.1) is 11.8 Å². The van der Waals surface area contributed by atoms with E-state index in [9.17, 15) is 4.39 Å². The monoisotopic (exact) mass is 287 g/mol. The van der Waals surface area contributed by atoms with Crippen molar-refractivity contribution in [3.63, 3.8) is 0 Å². The van der Waals surface area contributed by atoms with Gasteiger partial charge >= 0.3 is 0 Å². The number of halogens is 1. The van der Waals surface area contributed by atoms with Crippen LogP contribution in [-0.2, 0) is 0 Å². The minimum Gasteiger partial charge on any atom is -0.310 e. The van der Waals surface area contributed by atoms with E-state index in [0.29, 0.717) is 5.92 Å². The topological polar surface area (TPSA) is 12.0 Å². The molecule has 2 unspecified atom stereocenters. The lowest BCUT2D eigenvalue weighted by atomic mass is 10.0. The molecule has 0 radical (unpaired) electrons. The molecule has 0 saturated heterocycles. The highest BCUT2D eigenvalue weighted by atomic mass is 32.2. The van der Waals surface area contributed by atoms with Gasteiger partial charge in [-0.25, -0.2) is 4.39 Å². The zero-order valence-electron chi connectivity index (χ0n) is 11.5. The number of nitrogens with one attached hydrogen (secondary N) is 1. The zero-order chi connectivity index (χ0) is 13.9. The molecule has 0 saturated carbocycles. The molecule has 104 valence electrons. The molecule has 1 nitrogen and oxygen atoms in total. The summed E-state index contributed by atoms with van der Waals surface area (Å²) in [4.78, 5) is 1.41. The first-order chi connectivity index (χ1) is 9.74. The van der Waals surface area contributed by atoms with E-state index in [-0.39, 0.29) is 11.9 Å². The minimum atomic E-state index is -0.179. The molecule has 0 spiro atoms. The van der Waals surface area contributed by atoms with E-state index >= 15 is 0 Å². The minimum absolute atomic E-state index is 0.179. The predicted octanol–water partition coefficient (Wildman–Crippen LogP) is 4.37. The van der Waals surface area contributed by atoms with Crippen molar-refractivity contribution in [2.45, 2.75) is 23.8 Å². The number of fused-ring (bicyclic) bond motifs is 1. The van der Waals surface area contributed by atoms with E-state index in [2.05, 4.69) is 36.5 Å². The molecule has 3 heteroatoms. The summed E-state index contributed by atoms with van der Waals surface area (Å²) >= 11 is 1.94. The zero-order valence-corrected chi connectivity index (χ0v) is 12.3. The lowest BCUT2D eigenvalue weighted by Gasteiger charge is -2.18. The van der Waals surface area contributed by atoms with Gasteiger partial charge in [-0.3, -0.25) is 0 Å². The molecule has 1 N–H and O–H groups in total. The summed E-state index contributed by atoms with van der Waals surface area (Å²) < 4.78 is 12.9. The van der Waals surface area contributed by atoms with Gasteiger partial charge in [0.1, 0.15) is 5.82 Å². The van der Waals surface area contributed by atoms with Crippen LogP contribution >= 0.6 is 11.8 Å². The van der Waals surface area contributed by atoms with Crippen LogP contribution in [0.25, 0.3) is 0 Å². The maximum atomic E-state index is 12.9. The first kappa shape index (κ1) is 13.7. The third kappa shape index (κ3) is 2.89. The largest absolute Gasteiger partial charge is 0.310 e. The summed E-state index contributed by atoms with van der Waals surface area (Å²) in [5.41, 5.74) is 2.58. The highest BCUT2D eigenvalue weighted by Gasteiger charge is 2.22. The van der Waals surface area contributed by atoms with Crippen LogP contribution in [-0.4, -0.2) is 12.3 Å². The Morgan fingerprint density at radius 1 is 1.20 bits per heavy atom. The Morgan fingerprint density at radius 3 is 2.75 bits per heavy atom. The van der Waals surface area contributed by atoms with Gasteiger partial charge in [-0.2, -0.15) is 0 Å². The van der Waals surface area contributed by atoms with Crippen LogP contribution in [0.3, 0.4) is 0 Å². The summed E-state index contributed by atoms with van der Waals surface area (Å²) in [6, 6.07) is 15.6. The highest BCUT2D eigenvalue weighted by Crippen LogP contribution is 2.39. The second-order valence-electron chi connectivity index (χ2n) is 5.23. The molecule has 0 bridgehead atoms. The maximum Gasteiger partial charge on any atom is 0.123 e. The Morgan fingerprint density at radius 2 is 1.95 bits per heavy atom. The van der Waals surface area contributed by atoms with E-state index in [4.69, 9.17) is 0 Å². The molecular formula is C17H18FNS. The van der Waals surface area contributed by atoms with Crippen LogP contribution in [0.1, 0.15) is 30.0 Å². The third-order valence-electron chi connectivity index (χ3n) is 3.84. The molecule has 1 aliphatic heterocycles. The van der Waals surface area contributed by atoms with Crippen LogP contribution in [0.2, 0.25) is 0 Å². The van der Waals surface area contributed by atoms with Gasteiger partial charge in [0.25, 0.3) is 0 Å². The van der Waals surface area contributed by atoms with Crippen molar-refractivity contribution in [3.8, 4) is 0 Å². The summed E-state index contributed by atoms with van der Waals surface area (Å²) in [6.45, 7) is 3.09. The van der Waals surface area contributed by atoms with Gasteiger partial charge in [0.15, 0.2) is 0 Å². The molecule has 0 aromatic heterocycles. The predicted molar refractivity (Wildman–Crippen MR) is 82.7 cm³/mol. The Bertz CT molecular complexity index is 582. The molecule has 1 aliphatic rings. The van der Waals surface area contributed by atoms with Gasteiger partial charge < -0.3 is 5.32 Å². The van der Waals surface area contributed by atoms with Crippen LogP contribution in [0.4, 0.5) is 4.39 Å². The van der Waals surface area contributed by atoms with E-state index in [1.807, 2.05) is 23.9 Å². The Kier molecular flexibility index (Phi) is 4.08. The smallest absolute Gasteiger partial charge is 0.123 e. The molecular weight excluding hydrogens is 269 g/mol. The fourth-order valence-corrected chi connectivity index (χ4v) is 3.84. The Labute approximate surface area is 123 Å². The van der Waals surface area contributed by atoms with Gasteiger partial charge in [0.2, 0.25) is 0 Å². The van der Waals surface area contributed by atoms with Crippen LogP contribution < -0.4 is 5.32 Å². The number of hydrogen-bond donors (Lipinski definition) is 1.